The second kappa shape index (κ2) is 5.10. The van der Waals surface area contributed by atoms with Crippen LogP contribution in [0.4, 0.5) is 11.8 Å². The van der Waals surface area contributed by atoms with Gasteiger partial charge >= 0.3 is 0 Å². The van der Waals surface area contributed by atoms with E-state index in [4.69, 9.17) is 10.3 Å². The predicted octanol–water partition coefficient (Wildman–Crippen LogP) is 2.80. The quantitative estimate of drug-likeness (QED) is 0.505. The maximum Gasteiger partial charge on any atom is 0.240 e. The fourth-order valence-electron chi connectivity index (χ4n) is 1.99. The van der Waals surface area contributed by atoms with Crippen molar-refractivity contribution in [2.75, 3.05) is 10.7 Å². The van der Waals surface area contributed by atoms with Crippen molar-refractivity contribution in [3.8, 4) is 0 Å². The molecule has 3 heterocycles. The summed E-state index contributed by atoms with van der Waals surface area (Å²) in [6, 6.07) is 5.95. The number of fused-ring (bicyclic) bond motifs is 1. The van der Waals surface area contributed by atoms with Gasteiger partial charge < -0.3 is 9.73 Å². The molecule has 3 rings (SSSR count). The summed E-state index contributed by atoms with van der Waals surface area (Å²) in [5, 5.41) is 4.27. The lowest BCUT2D eigenvalue weighted by molar-refractivity contribution is 0.490. The first kappa shape index (κ1) is 12.9. The standard InChI is InChI=1S/C13H15N5OS/c1-7-3-4-9(19-7)6-15-11-10-5-8(2)20-12(10)17-13(16-11)18-14/h3-5H,6,14H2,1-2H3,(H2,15,16,17,18). The largest absolute Gasteiger partial charge is 0.465 e. The Labute approximate surface area is 120 Å². The molecule has 0 radical (unpaired) electrons. The van der Waals surface area contributed by atoms with E-state index in [9.17, 15) is 0 Å². The monoisotopic (exact) mass is 289 g/mol. The Morgan fingerprint density at radius 1 is 1.30 bits per heavy atom. The molecule has 3 aromatic rings. The lowest BCUT2D eigenvalue weighted by atomic mass is 10.3. The second-order valence-electron chi connectivity index (χ2n) is 4.48. The van der Waals surface area contributed by atoms with Gasteiger partial charge in [-0.1, -0.05) is 0 Å². The van der Waals surface area contributed by atoms with E-state index < -0.39 is 0 Å². The van der Waals surface area contributed by atoms with Crippen molar-refractivity contribution < 1.29 is 4.42 Å². The number of anilines is 2. The van der Waals surface area contributed by atoms with Crippen LogP contribution >= 0.6 is 11.3 Å². The molecule has 0 amide bonds. The summed E-state index contributed by atoms with van der Waals surface area (Å²) in [7, 11) is 0. The molecule has 0 spiro atoms. The van der Waals surface area contributed by atoms with E-state index in [1.54, 1.807) is 11.3 Å². The first-order valence-electron chi connectivity index (χ1n) is 6.19. The Morgan fingerprint density at radius 2 is 2.15 bits per heavy atom. The highest BCUT2D eigenvalue weighted by Crippen LogP contribution is 2.29. The molecule has 20 heavy (non-hydrogen) atoms. The summed E-state index contributed by atoms with van der Waals surface area (Å²) in [6.07, 6.45) is 0. The number of thiophene rings is 1. The third-order valence-electron chi connectivity index (χ3n) is 2.87. The molecular formula is C13H15N5OS. The molecule has 7 heteroatoms. The maximum absolute atomic E-state index is 5.54. The van der Waals surface area contributed by atoms with E-state index in [2.05, 4.69) is 26.8 Å². The molecule has 0 saturated carbocycles. The van der Waals surface area contributed by atoms with Crippen LogP contribution in [0.1, 0.15) is 16.4 Å². The smallest absolute Gasteiger partial charge is 0.240 e. The summed E-state index contributed by atoms with van der Waals surface area (Å²) in [5.74, 6) is 8.32. The molecule has 4 N–H and O–H groups in total. The van der Waals surface area contributed by atoms with E-state index in [1.165, 1.54) is 4.88 Å². The number of hydrogen-bond acceptors (Lipinski definition) is 7. The summed E-state index contributed by atoms with van der Waals surface area (Å²) in [6.45, 7) is 4.53. The zero-order chi connectivity index (χ0) is 14.1. The van der Waals surface area contributed by atoms with Gasteiger partial charge in [0.15, 0.2) is 0 Å². The third kappa shape index (κ3) is 2.45. The molecule has 0 aliphatic carbocycles. The molecule has 0 unspecified atom stereocenters. The minimum Gasteiger partial charge on any atom is -0.465 e. The number of aromatic nitrogens is 2. The molecule has 0 aliphatic rings. The summed E-state index contributed by atoms with van der Waals surface area (Å²) >= 11 is 1.61. The minimum absolute atomic E-state index is 0.400. The average molecular weight is 289 g/mol. The van der Waals surface area contributed by atoms with Gasteiger partial charge in [-0.3, -0.25) is 5.43 Å². The van der Waals surface area contributed by atoms with E-state index >= 15 is 0 Å². The van der Waals surface area contributed by atoms with Crippen LogP contribution in [0.25, 0.3) is 10.2 Å². The normalized spacial score (nSPS) is 10.9. The van der Waals surface area contributed by atoms with Crippen LogP contribution in [0.2, 0.25) is 0 Å². The van der Waals surface area contributed by atoms with Crippen molar-refractivity contribution in [2.45, 2.75) is 20.4 Å². The number of nitrogens with two attached hydrogens (primary N) is 1. The Kier molecular flexibility index (Phi) is 3.29. The van der Waals surface area contributed by atoms with Crippen molar-refractivity contribution >= 4 is 33.3 Å². The summed E-state index contributed by atoms with van der Waals surface area (Å²) < 4.78 is 5.54. The van der Waals surface area contributed by atoms with Crippen molar-refractivity contribution in [3.05, 3.63) is 34.6 Å². The van der Waals surface area contributed by atoms with Gasteiger partial charge in [0.1, 0.15) is 22.2 Å². The SMILES string of the molecule is Cc1ccc(CNc2nc(NN)nc3sc(C)cc23)o1. The number of nitrogen functional groups attached to an aromatic ring is 1. The number of nitrogens with one attached hydrogen (secondary N) is 2. The van der Waals surface area contributed by atoms with Crippen LogP contribution in [0.5, 0.6) is 0 Å². The van der Waals surface area contributed by atoms with Crippen LogP contribution in [0.3, 0.4) is 0 Å². The van der Waals surface area contributed by atoms with Gasteiger partial charge in [-0.05, 0) is 32.0 Å². The summed E-state index contributed by atoms with van der Waals surface area (Å²) in [4.78, 5) is 10.8. The lowest BCUT2D eigenvalue weighted by Crippen LogP contribution is -2.12. The first-order chi connectivity index (χ1) is 9.65. The fraction of sp³-hybridized carbons (Fsp3) is 0.231. The van der Waals surface area contributed by atoms with Gasteiger partial charge in [0.05, 0.1) is 11.9 Å². The third-order valence-corrected chi connectivity index (χ3v) is 3.82. The van der Waals surface area contributed by atoms with E-state index in [0.717, 1.165) is 27.6 Å². The predicted molar refractivity (Wildman–Crippen MR) is 80.7 cm³/mol. The number of furan rings is 1. The molecule has 0 saturated heterocycles. The van der Waals surface area contributed by atoms with Crippen molar-refractivity contribution in [2.24, 2.45) is 5.84 Å². The molecule has 104 valence electrons. The van der Waals surface area contributed by atoms with Crippen molar-refractivity contribution in [1.29, 1.82) is 0 Å². The number of hydrogen-bond donors (Lipinski definition) is 3. The summed E-state index contributed by atoms with van der Waals surface area (Å²) in [5.41, 5.74) is 2.49. The number of hydrazine groups is 1. The maximum atomic E-state index is 5.54. The first-order valence-corrected chi connectivity index (χ1v) is 7.01. The highest BCUT2D eigenvalue weighted by atomic mass is 32.1. The Hall–Kier alpha value is -2.12. The molecule has 0 bridgehead atoms. The molecule has 0 aromatic carbocycles. The Bertz CT molecular complexity index is 748. The molecule has 6 nitrogen and oxygen atoms in total. The van der Waals surface area contributed by atoms with Gasteiger partial charge in [0.2, 0.25) is 5.95 Å². The van der Waals surface area contributed by atoms with Crippen molar-refractivity contribution in [1.82, 2.24) is 9.97 Å². The van der Waals surface area contributed by atoms with Gasteiger partial charge in [-0.15, -0.1) is 11.3 Å². The van der Waals surface area contributed by atoms with Crippen LogP contribution < -0.4 is 16.6 Å². The zero-order valence-electron chi connectivity index (χ0n) is 11.2. The van der Waals surface area contributed by atoms with Crippen LogP contribution in [0.15, 0.2) is 22.6 Å². The topological polar surface area (TPSA) is 89.0 Å². The van der Waals surface area contributed by atoms with Crippen LogP contribution in [-0.4, -0.2) is 9.97 Å². The molecular weight excluding hydrogens is 274 g/mol. The molecule has 0 aliphatic heterocycles. The average Bonchev–Trinajstić information content (AvgIpc) is 3.00. The van der Waals surface area contributed by atoms with Gasteiger partial charge in [-0.2, -0.15) is 4.98 Å². The molecule has 3 aromatic heterocycles. The minimum atomic E-state index is 0.400. The van der Waals surface area contributed by atoms with Gasteiger partial charge in [0, 0.05) is 4.88 Å². The highest BCUT2D eigenvalue weighted by molar-refractivity contribution is 7.18. The molecule has 0 atom stereocenters. The Balaban J connectivity index is 1.92. The van der Waals surface area contributed by atoms with E-state index in [0.29, 0.717) is 12.5 Å². The number of nitrogens with zero attached hydrogens (tertiary/aromatic N) is 2. The Morgan fingerprint density at radius 3 is 2.85 bits per heavy atom. The lowest BCUT2D eigenvalue weighted by Gasteiger charge is -2.07. The van der Waals surface area contributed by atoms with E-state index in [1.807, 2.05) is 26.0 Å². The number of aryl methyl sites for hydroxylation is 2. The van der Waals surface area contributed by atoms with Crippen LogP contribution in [-0.2, 0) is 6.54 Å². The zero-order valence-corrected chi connectivity index (χ0v) is 12.0. The van der Waals surface area contributed by atoms with Gasteiger partial charge in [0.25, 0.3) is 0 Å². The van der Waals surface area contributed by atoms with E-state index in [-0.39, 0.29) is 0 Å². The second-order valence-corrected chi connectivity index (χ2v) is 5.72. The number of rotatable bonds is 4. The fourth-order valence-corrected chi connectivity index (χ4v) is 2.87. The molecule has 0 fully saturated rings. The van der Waals surface area contributed by atoms with Gasteiger partial charge in [-0.25, -0.2) is 10.8 Å². The van der Waals surface area contributed by atoms with Crippen LogP contribution in [0, 0.1) is 13.8 Å². The van der Waals surface area contributed by atoms with Crippen molar-refractivity contribution in [3.63, 3.8) is 0 Å². The highest BCUT2D eigenvalue weighted by Gasteiger charge is 2.10.